The summed E-state index contributed by atoms with van der Waals surface area (Å²) in [7, 11) is 1.56. The van der Waals surface area contributed by atoms with Crippen LogP contribution in [0.2, 0.25) is 0 Å². The lowest BCUT2D eigenvalue weighted by Gasteiger charge is -2.04. The summed E-state index contributed by atoms with van der Waals surface area (Å²) in [5.41, 5.74) is 0.856. The van der Waals surface area contributed by atoms with Crippen molar-refractivity contribution in [1.82, 2.24) is 9.78 Å². The summed E-state index contributed by atoms with van der Waals surface area (Å²) in [6.45, 7) is 0.364. The molecule has 2 aromatic rings. The number of aromatic nitrogens is 2. The molecule has 7 heteroatoms. The van der Waals surface area contributed by atoms with Crippen molar-refractivity contribution in [3.05, 3.63) is 47.8 Å². The Morgan fingerprint density at radius 2 is 1.95 bits per heavy atom. The van der Waals surface area contributed by atoms with Gasteiger partial charge in [0.15, 0.2) is 5.78 Å². The summed E-state index contributed by atoms with van der Waals surface area (Å²) in [5, 5.41) is 3.90. The number of hydrogen-bond donors (Lipinski definition) is 0. The predicted octanol–water partition coefficient (Wildman–Crippen LogP) is 3.08. The third-order valence-electron chi connectivity index (χ3n) is 2.82. The molecule has 0 N–H and O–H groups in total. The van der Waals surface area contributed by atoms with E-state index in [0.29, 0.717) is 12.3 Å². The van der Waals surface area contributed by atoms with Gasteiger partial charge < -0.3 is 4.74 Å². The van der Waals surface area contributed by atoms with Crippen molar-refractivity contribution < 1.29 is 22.7 Å². The number of Topliss-reactive ketones (excluding diaryl/α,β-unsaturated/α-hetero) is 1. The smallest absolute Gasteiger partial charge is 0.396 e. The lowest BCUT2D eigenvalue weighted by atomic mass is 10.2. The van der Waals surface area contributed by atoms with Crippen LogP contribution in [0.25, 0.3) is 0 Å². The first-order valence-corrected chi connectivity index (χ1v) is 6.13. The van der Waals surface area contributed by atoms with E-state index in [4.69, 9.17) is 4.74 Å². The van der Waals surface area contributed by atoms with Crippen LogP contribution in [-0.4, -0.2) is 28.8 Å². The van der Waals surface area contributed by atoms with Crippen LogP contribution in [0.15, 0.2) is 36.7 Å². The Labute approximate surface area is 119 Å². The van der Waals surface area contributed by atoms with Crippen molar-refractivity contribution in [2.45, 2.75) is 19.1 Å². The number of carbonyl (C=O) groups excluding carboxylic acids is 1. The van der Waals surface area contributed by atoms with Gasteiger partial charge in [-0.3, -0.25) is 9.48 Å². The number of halogens is 3. The second kappa shape index (κ2) is 5.99. The van der Waals surface area contributed by atoms with Crippen molar-refractivity contribution in [3.63, 3.8) is 0 Å². The molecule has 0 fully saturated rings. The lowest BCUT2D eigenvalue weighted by Crippen LogP contribution is -2.14. The molecular weight excluding hydrogens is 285 g/mol. The molecule has 0 bridgehead atoms. The van der Waals surface area contributed by atoms with Gasteiger partial charge in [0.05, 0.1) is 25.4 Å². The molecule has 1 aromatic heterocycles. The van der Waals surface area contributed by atoms with E-state index in [1.54, 1.807) is 19.2 Å². The minimum atomic E-state index is -4.50. The molecule has 0 amide bonds. The zero-order chi connectivity index (χ0) is 15.5. The van der Waals surface area contributed by atoms with Crippen LogP contribution in [0.4, 0.5) is 13.2 Å². The topological polar surface area (TPSA) is 44.1 Å². The first kappa shape index (κ1) is 15.1. The van der Waals surface area contributed by atoms with Crippen LogP contribution in [-0.2, 0) is 6.54 Å². The van der Waals surface area contributed by atoms with Crippen LogP contribution in [0.3, 0.4) is 0 Å². The van der Waals surface area contributed by atoms with E-state index in [1.165, 1.54) is 10.9 Å². The van der Waals surface area contributed by atoms with Gasteiger partial charge in [0.1, 0.15) is 12.2 Å². The Bertz CT molecular complexity index is 618. The molecule has 2 rings (SSSR count). The van der Waals surface area contributed by atoms with Crippen molar-refractivity contribution in [1.29, 1.82) is 0 Å². The maximum atomic E-state index is 12.2. The van der Waals surface area contributed by atoms with E-state index in [1.807, 2.05) is 12.1 Å². The standard InChI is InChI=1S/C14H13F3N2O2/c1-21-12-4-2-10(3-5-12)8-19-9-11(7-18-19)13(20)6-14(15,16)17/h2-5,7,9H,6,8H2,1H3. The minimum Gasteiger partial charge on any atom is -0.497 e. The summed E-state index contributed by atoms with van der Waals surface area (Å²) >= 11 is 0. The number of carbonyl (C=O) groups is 1. The second-order valence-electron chi connectivity index (χ2n) is 4.49. The molecule has 0 aliphatic carbocycles. The van der Waals surface area contributed by atoms with Gasteiger partial charge in [-0.1, -0.05) is 12.1 Å². The molecule has 1 aromatic carbocycles. The highest BCUT2D eigenvalue weighted by molar-refractivity contribution is 5.95. The average molecular weight is 298 g/mol. The van der Waals surface area contributed by atoms with Crippen molar-refractivity contribution in [2.75, 3.05) is 7.11 Å². The van der Waals surface area contributed by atoms with E-state index < -0.39 is 18.4 Å². The number of ether oxygens (including phenoxy) is 1. The quantitative estimate of drug-likeness (QED) is 0.797. The van der Waals surface area contributed by atoms with Crippen LogP contribution in [0.1, 0.15) is 22.3 Å². The molecule has 0 atom stereocenters. The monoisotopic (exact) mass is 298 g/mol. The molecular formula is C14H13F3N2O2. The minimum absolute atomic E-state index is 0.0409. The summed E-state index contributed by atoms with van der Waals surface area (Å²) in [6, 6.07) is 7.18. The number of ketones is 1. The van der Waals surface area contributed by atoms with Gasteiger partial charge >= 0.3 is 6.18 Å². The van der Waals surface area contributed by atoms with E-state index >= 15 is 0 Å². The predicted molar refractivity (Wildman–Crippen MR) is 69.3 cm³/mol. The van der Waals surface area contributed by atoms with Crippen molar-refractivity contribution in [3.8, 4) is 5.75 Å². The fourth-order valence-electron chi connectivity index (χ4n) is 1.80. The van der Waals surface area contributed by atoms with Crippen LogP contribution in [0.5, 0.6) is 5.75 Å². The molecule has 0 aliphatic rings. The normalized spacial score (nSPS) is 11.4. The van der Waals surface area contributed by atoms with E-state index in [-0.39, 0.29) is 5.56 Å². The molecule has 0 saturated heterocycles. The van der Waals surface area contributed by atoms with Gasteiger partial charge in [-0.2, -0.15) is 18.3 Å². The first-order valence-electron chi connectivity index (χ1n) is 6.13. The highest BCUT2D eigenvalue weighted by atomic mass is 19.4. The lowest BCUT2D eigenvalue weighted by molar-refractivity contribution is -0.125. The maximum Gasteiger partial charge on any atom is 0.396 e. The number of nitrogens with zero attached hydrogens (tertiary/aromatic N) is 2. The Hall–Kier alpha value is -2.31. The molecule has 4 nitrogen and oxygen atoms in total. The average Bonchev–Trinajstić information content (AvgIpc) is 2.86. The van der Waals surface area contributed by atoms with E-state index in [2.05, 4.69) is 5.10 Å². The molecule has 0 spiro atoms. The van der Waals surface area contributed by atoms with Crippen molar-refractivity contribution in [2.24, 2.45) is 0 Å². The first-order chi connectivity index (χ1) is 9.87. The summed E-state index contributed by atoms with van der Waals surface area (Å²) in [4.78, 5) is 11.4. The highest BCUT2D eigenvalue weighted by Crippen LogP contribution is 2.22. The van der Waals surface area contributed by atoms with Crippen LogP contribution >= 0.6 is 0 Å². The molecule has 0 unspecified atom stereocenters. The summed E-state index contributed by atoms with van der Waals surface area (Å²) in [6.07, 6.45) is -3.51. The highest BCUT2D eigenvalue weighted by Gasteiger charge is 2.32. The largest absolute Gasteiger partial charge is 0.497 e. The number of methoxy groups -OCH3 is 1. The number of alkyl halides is 3. The Morgan fingerprint density at radius 3 is 2.52 bits per heavy atom. The van der Waals surface area contributed by atoms with E-state index in [9.17, 15) is 18.0 Å². The molecule has 0 saturated carbocycles. The zero-order valence-corrected chi connectivity index (χ0v) is 11.2. The Morgan fingerprint density at radius 1 is 1.29 bits per heavy atom. The third kappa shape index (κ3) is 4.34. The summed E-state index contributed by atoms with van der Waals surface area (Å²) < 4.78 is 42.9. The molecule has 21 heavy (non-hydrogen) atoms. The second-order valence-corrected chi connectivity index (χ2v) is 4.49. The zero-order valence-electron chi connectivity index (χ0n) is 11.2. The molecule has 1 heterocycles. The number of hydrogen-bond acceptors (Lipinski definition) is 3. The van der Waals surface area contributed by atoms with Crippen molar-refractivity contribution >= 4 is 5.78 Å². The molecule has 0 radical (unpaired) electrons. The van der Waals surface area contributed by atoms with Gasteiger partial charge in [0.25, 0.3) is 0 Å². The summed E-state index contributed by atoms with van der Waals surface area (Å²) in [5.74, 6) is -0.274. The van der Waals surface area contributed by atoms with E-state index in [0.717, 1.165) is 11.8 Å². The fourth-order valence-corrected chi connectivity index (χ4v) is 1.80. The Kier molecular flexibility index (Phi) is 4.30. The van der Waals surface area contributed by atoms with Gasteiger partial charge in [-0.05, 0) is 17.7 Å². The molecule has 112 valence electrons. The maximum absolute atomic E-state index is 12.2. The fraction of sp³-hybridized carbons (Fsp3) is 0.286. The number of rotatable bonds is 5. The SMILES string of the molecule is COc1ccc(Cn2cc(C(=O)CC(F)(F)F)cn2)cc1. The third-order valence-corrected chi connectivity index (χ3v) is 2.82. The van der Waals surface area contributed by atoms with Gasteiger partial charge in [0, 0.05) is 6.20 Å². The molecule has 0 aliphatic heterocycles. The van der Waals surface area contributed by atoms with Gasteiger partial charge in [-0.15, -0.1) is 0 Å². The van der Waals surface area contributed by atoms with Gasteiger partial charge in [-0.25, -0.2) is 0 Å². The van der Waals surface area contributed by atoms with Crippen LogP contribution in [0, 0.1) is 0 Å². The Balaban J connectivity index is 2.04. The number of benzene rings is 1. The van der Waals surface area contributed by atoms with Crippen LogP contribution < -0.4 is 4.74 Å². The van der Waals surface area contributed by atoms with Gasteiger partial charge in [0.2, 0.25) is 0 Å².